The average molecular weight is 465 g/mol. The highest BCUT2D eigenvalue weighted by atomic mass is 16.1. The van der Waals surface area contributed by atoms with Crippen LogP contribution in [0.5, 0.6) is 0 Å². The van der Waals surface area contributed by atoms with Crippen LogP contribution in [0.3, 0.4) is 0 Å². The van der Waals surface area contributed by atoms with Gasteiger partial charge in [-0.2, -0.15) is 0 Å². The zero-order valence-corrected chi connectivity index (χ0v) is 20.6. The van der Waals surface area contributed by atoms with E-state index in [-0.39, 0.29) is 17.8 Å². The molecule has 34 heavy (non-hydrogen) atoms. The fraction of sp³-hybridized carbons (Fsp3) is 0.464. The van der Waals surface area contributed by atoms with E-state index in [9.17, 15) is 9.59 Å². The lowest BCUT2D eigenvalue weighted by atomic mass is 9.88. The fourth-order valence-corrected chi connectivity index (χ4v) is 4.08. The SMILES string of the molecule is CCCCC(C=O)(CCCC)NC(=N)NCCCNC(=O)C(c1ccccc1)c1ccccc1. The molecule has 2 rings (SSSR count). The van der Waals surface area contributed by atoms with Crippen molar-refractivity contribution < 1.29 is 9.59 Å². The van der Waals surface area contributed by atoms with Gasteiger partial charge in [0.2, 0.25) is 5.91 Å². The number of unbranched alkanes of at least 4 members (excludes halogenated alkanes) is 2. The number of rotatable bonds is 15. The molecular weight excluding hydrogens is 424 g/mol. The van der Waals surface area contributed by atoms with E-state index in [1.54, 1.807) is 0 Å². The zero-order chi connectivity index (χ0) is 24.7. The van der Waals surface area contributed by atoms with E-state index in [1.807, 2.05) is 60.7 Å². The number of carbonyl (C=O) groups is 2. The molecule has 0 aliphatic rings. The van der Waals surface area contributed by atoms with E-state index in [4.69, 9.17) is 5.41 Å². The van der Waals surface area contributed by atoms with Crippen LogP contribution in [0.2, 0.25) is 0 Å². The van der Waals surface area contributed by atoms with Gasteiger partial charge >= 0.3 is 0 Å². The summed E-state index contributed by atoms with van der Waals surface area (Å²) in [5.74, 6) is -0.234. The first-order valence-corrected chi connectivity index (χ1v) is 12.5. The van der Waals surface area contributed by atoms with Crippen molar-refractivity contribution in [3.63, 3.8) is 0 Å². The van der Waals surface area contributed by atoms with Crippen LogP contribution >= 0.6 is 0 Å². The van der Waals surface area contributed by atoms with E-state index in [0.29, 0.717) is 19.5 Å². The number of guanidine groups is 1. The lowest BCUT2D eigenvalue weighted by Crippen LogP contribution is -2.54. The molecule has 0 fully saturated rings. The molecule has 0 saturated heterocycles. The number of hydrogen-bond acceptors (Lipinski definition) is 3. The summed E-state index contributed by atoms with van der Waals surface area (Å²) < 4.78 is 0. The minimum Gasteiger partial charge on any atom is -0.356 e. The Morgan fingerprint density at radius 3 is 1.82 bits per heavy atom. The fourth-order valence-electron chi connectivity index (χ4n) is 4.08. The molecule has 0 atom stereocenters. The van der Waals surface area contributed by atoms with Gasteiger partial charge < -0.3 is 20.7 Å². The molecule has 0 unspecified atom stereocenters. The number of hydrogen-bond donors (Lipinski definition) is 4. The molecule has 0 aromatic heterocycles. The molecule has 1 amide bonds. The second kappa shape index (κ2) is 14.9. The van der Waals surface area contributed by atoms with Gasteiger partial charge in [-0.15, -0.1) is 0 Å². The van der Waals surface area contributed by atoms with Gasteiger partial charge in [0.25, 0.3) is 0 Å². The van der Waals surface area contributed by atoms with Crippen molar-refractivity contribution >= 4 is 18.2 Å². The molecule has 6 heteroatoms. The van der Waals surface area contributed by atoms with E-state index >= 15 is 0 Å². The minimum absolute atomic E-state index is 0.0373. The van der Waals surface area contributed by atoms with Gasteiger partial charge in [-0.25, -0.2) is 0 Å². The Balaban J connectivity index is 1.85. The first kappa shape index (κ1) is 27.1. The molecule has 0 heterocycles. The number of nitrogens with one attached hydrogen (secondary N) is 4. The van der Waals surface area contributed by atoms with Crippen molar-refractivity contribution in [3.8, 4) is 0 Å². The Hall–Kier alpha value is -3.15. The van der Waals surface area contributed by atoms with Gasteiger partial charge in [0.1, 0.15) is 6.29 Å². The van der Waals surface area contributed by atoms with Gasteiger partial charge in [-0.1, -0.05) is 100 Å². The topological polar surface area (TPSA) is 94.1 Å². The van der Waals surface area contributed by atoms with Crippen LogP contribution in [-0.2, 0) is 9.59 Å². The Bertz CT molecular complexity index is 823. The molecule has 2 aromatic carbocycles. The molecule has 0 radical (unpaired) electrons. The molecule has 0 aliphatic heterocycles. The van der Waals surface area contributed by atoms with Gasteiger partial charge in [0, 0.05) is 13.1 Å². The zero-order valence-electron chi connectivity index (χ0n) is 20.6. The third-order valence-corrected chi connectivity index (χ3v) is 6.03. The lowest BCUT2D eigenvalue weighted by Gasteiger charge is -2.30. The maximum absolute atomic E-state index is 13.0. The van der Waals surface area contributed by atoms with Crippen molar-refractivity contribution in [2.24, 2.45) is 0 Å². The van der Waals surface area contributed by atoms with E-state index in [2.05, 4.69) is 29.8 Å². The maximum atomic E-state index is 13.0. The van der Waals surface area contributed by atoms with Crippen LogP contribution in [0.1, 0.15) is 75.8 Å². The summed E-state index contributed by atoms with van der Waals surface area (Å²) >= 11 is 0. The standard InChI is InChI=1S/C28H40N4O2/c1-3-5-18-28(22-33,19-6-4-2)32-27(29)31-21-13-20-30-26(34)25(23-14-9-7-10-15-23)24-16-11-8-12-17-24/h7-12,14-17,22,25H,3-6,13,18-21H2,1-2H3,(H,30,34)(H3,29,31,32). The van der Waals surface area contributed by atoms with Crippen LogP contribution in [0.15, 0.2) is 60.7 Å². The van der Waals surface area contributed by atoms with E-state index in [1.165, 1.54) is 0 Å². The summed E-state index contributed by atoms with van der Waals surface area (Å²) in [5, 5.41) is 17.5. The molecule has 6 nitrogen and oxygen atoms in total. The molecule has 0 aliphatic carbocycles. The van der Waals surface area contributed by atoms with Crippen LogP contribution in [0.4, 0.5) is 0 Å². The van der Waals surface area contributed by atoms with Crippen molar-refractivity contribution in [1.82, 2.24) is 16.0 Å². The number of benzene rings is 2. The van der Waals surface area contributed by atoms with Gasteiger partial charge in [-0.05, 0) is 30.4 Å². The molecule has 4 N–H and O–H groups in total. The number of aldehydes is 1. The third kappa shape index (κ3) is 8.65. The van der Waals surface area contributed by atoms with Crippen molar-refractivity contribution in [2.45, 2.75) is 70.3 Å². The Morgan fingerprint density at radius 2 is 1.35 bits per heavy atom. The molecular formula is C28H40N4O2. The minimum atomic E-state index is -0.678. The van der Waals surface area contributed by atoms with Gasteiger partial charge in [0.15, 0.2) is 5.96 Å². The largest absolute Gasteiger partial charge is 0.356 e. The highest BCUT2D eigenvalue weighted by molar-refractivity contribution is 5.87. The van der Waals surface area contributed by atoms with E-state index < -0.39 is 5.54 Å². The monoisotopic (exact) mass is 464 g/mol. The summed E-state index contributed by atoms with van der Waals surface area (Å²) in [5.41, 5.74) is 1.24. The molecule has 0 spiro atoms. The summed E-state index contributed by atoms with van der Waals surface area (Å²) in [6.07, 6.45) is 7.01. The van der Waals surface area contributed by atoms with E-state index in [0.717, 1.165) is 55.9 Å². The average Bonchev–Trinajstić information content (AvgIpc) is 2.87. The van der Waals surface area contributed by atoms with Gasteiger partial charge in [-0.3, -0.25) is 10.2 Å². The van der Waals surface area contributed by atoms with Crippen LogP contribution in [0.25, 0.3) is 0 Å². The summed E-state index contributed by atoms with van der Waals surface area (Å²) in [4.78, 5) is 24.9. The number of amides is 1. The number of carbonyl (C=O) groups excluding carboxylic acids is 2. The third-order valence-electron chi connectivity index (χ3n) is 6.03. The van der Waals surface area contributed by atoms with Crippen LogP contribution < -0.4 is 16.0 Å². The lowest BCUT2D eigenvalue weighted by molar-refractivity contribution is -0.121. The first-order chi connectivity index (χ1) is 16.5. The highest BCUT2D eigenvalue weighted by Gasteiger charge is 2.29. The van der Waals surface area contributed by atoms with Crippen LogP contribution in [0, 0.1) is 5.41 Å². The summed E-state index contributed by atoms with van der Waals surface area (Å²) in [6, 6.07) is 19.6. The highest BCUT2D eigenvalue weighted by Crippen LogP contribution is 2.24. The molecule has 0 bridgehead atoms. The predicted molar refractivity (Wildman–Crippen MR) is 139 cm³/mol. The molecule has 0 saturated carbocycles. The predicted octanol–water partition coefficient (Wildman–Crippen LogP) is 4.76. The summed E-state index contributed by atoms with van der Waals surface area (Å²) in [6.45, 7) is 5.24. The first-order valence-electron chi connectivity index (χ1n) is 12.5. The van der Waals surface area contributed by atoms with Gasteiger partial charge in [0.05, 0.1) is 11.5 Å². The summed E-state index contributed by atoms with van der Waals surface area (Å²) in [7, 11) is 0. The van der Waals surface area contributed by atoms with Crippen molar-refractivity contribution in [1.29, 1.82) is 5.41 Å². The smallest absolute Gasteiger partial charge is 0.232 e. The molecule has 2 aromatic rings. The van der Waals surface area contributed by atoms with Crippen molar-refractivity contribution in [3.05, 3.63) is 71.8 Å². The quantitative estimate of drug-likeness (QED) is 0.132. The Morgan fingerprint density at radius 1 is 0.853 bits per heavy atom. The van der Waals surface area contributed by atoms with Crippen molar-refractivity contribution in [2.75, 3.05) is 13.1 Å². The second-order valence-corrected chi connectivity index (χ2v) is 8.81. The Labute approximate surface area is 204 Å². The van der Waals surface area contributed by atoms with Crippen LogP contribution in [-0.4, -0.2) is 36.8 Å². The normalized spacial score (nSPS) is 11.1. The Kier molecular flexibility index (Phi) is 11.9. The second-order valence-electron chi connectivity index (χ2n) is 8.81. The maximum Gasteiger partial charge on any atom is 0.232 e. The molecule has 184 valence electrons.